The lowest BCUT2D eigenvalue weighted by Crippen LogP contribution is -2.00. The number of allylic oxidation sites excluding steroid dienone is 4. The van der Waals surface area contributed by atoms with Gasteiger partial charge in [0.15, 0.2) is 0 Å². The standard InChI is InChI=1S/C22H36/c1-4-6-7-10-14-17-21(5-2)19-22-18-15-12-9-8-11-13-16-20(22)3/h5,12,18,21H,2,4,6-11,13-14,16-17,19H2,1,3H3. The zero-order valence-corrected chi connectivity index (χ0v) is 15.0. The molecule has 22 heavy (non-hydrogen) atoms. The molecule has 0 saturated heterocycles. The van der Waals surface area contributed by atoms with Gasteiger partial charge in [-0.25, -0.2) is 0 Å². The maximum Gasteiger partial charge on any atom is -0.0171 e. The van der Waals surface area contributed by atoms with Crippen LogP contribution in [0.3, 0.4) is 0 Å². The predicted octanol–water partition coefficient (Wildman–Crippen LogP) is 7.53. The van der Waals surface area contributed by atoms with Crippen molar-refractivity contribution >= 4 is 0 Å². The molecule has 0 heteroatoms. The first-order chi connectivity index (χ1) is 10.8. The second-order valence-electron chi connectivity index (χ2n) is 6.82. The van der Waals surface area contributed by atoms with Gasteiger partial charge in [-0.2, -0.15) is 0 Å². The fourth-order valence-electron chi connectivity index (χ4n) is 3.17. The molecule has 0 aliphatic heterocycles. The molecule has 0 spiro atoms. The molecule has 1 aliphatic rings. The van der Waals surface area contributed by atoms with E-state index in [4.69, 9.17) is 0 Å². The molecule has 0 bridgehead atoms. The van der Waals surface area contributed by atoms with Crippen molar-refractivity contribution in [1.82, 2.24) is 0 Å². The van der Waals surface area contributed by atoms with Crippen LogP contribution in [0.5, 0.6) is 0 Å². The first-order valence-electron chi connectivity index (χ1n) is 9.50. The Hall–Kier alpha value is -1.00. The van der Waals surface area contributed by atoms with Crippen LogP contribution in [0.1, 0.15) is 90.9 Å². The van der Waals surface area contributed by atoms with Gasteiger partial charge in [0, 0.05) is 0 Å². The van der Waals surface area contributed by atoms with E-state index in [1.165, 1.54) is 76.2 Å². The lowest BCUT2D eigenvalue weighted by atomic mass is 9.90. The number of rotatable bonds is 9. The Bertz CT molecular complexity index is 390. The third-order valence-electron chi connectivity index (χ3n) is 4.82. The van der Waals surface area contributed by atoms with Gasteiger partial charge in [-0.05, 0) is 69.1 Å². The van der Waals surface area contributed by atoms with Crippen molar-refractivity contribution < 1.29 is 0 Å². The Morgan fingerprint density at radius 2 is 2.00 bits per heavy atom. The Morgan fingerprint density at radius 1 is 1.18 bits per heavy atom. The summed E-state index contributed by atoms with van der Waals surface area (Å²) in [5.74, 6) is 0.632. The lowest BCUT2D eigenvalue weighted by molar-refractivity contribution is 0.521. The second kappa shape index (κ2) is 12.5. The fraction of sp³-hybridized carbons (Fsp3) is 0.682. The van der Waals surface area contributed by atoms with Gasteiger partial charge in [-0.1, -0.05) is 57.1 Å². The van der Waals surface area contributed by atoms with Crippen LogP contribution in [0.4, 0.5) is 0 Å². The molecule has 0 aromatic carbocycles. The highest BCUT2D eigenvalue weighted by Gasteiger charge is 2.09. The van der Waals surface area contributed by atoms with Crippen LogP contribution in [-0.4, -0.2) is 0 Å². The lowest BCUT2D eigenvalue weighted by Gasteiger charge is -2.16. The zero-order valence-electron chi connectivity index (χ0n) is 15.0. The summed E-state index contributed by atoms with van der Waals surface area (Å²) in [6.45, 7) is 8.67. The van der Waals surface area contributed by atoms with Crippen LogP contribution < -0.4 is 0 Å². The number of hydrogen-bond donors (Lipinski definition) is 0. The fourth-order valence-corrected chi connectivity index (χ4v) is 3.17. The van der Waals surface area contributed by atoms with E-state index in [9.17, 15) is 0 Å². The molecule has 0 saturated carbocycles. The van der Waals surface area contributed by atoms with Gasteiger partial charge in [-0.3, -0.25) is 0 Å². The molecule has 1 unspecified atom stereocenters. The average Bonchev–Trinajstić information content (AvgIpc) is 2.54. The minimum absolute atomic E-state index is 0.632. The number of unbranched alkanes of at least 4 members (excludes halogenated alkanes) is 4. The van der Waals surface area contributed by atoms with Crippen LogP contribution in [-0.2, 0) is 0 Å². The van der Waals surface area contributed by atoms with Gasteiger partial charge >= 0.3 is 0 Å². The summed E-state index contributed by atoms with van der Waals surface area (Å²) in [7, 11) is 0. The van der Waals surface area contributed by atoms with Crippen molar-refractivity contribution in [1.29, 1.82) is 0 Å². The summed E-state index contributed by atoms with van der Waals surface area (Å²) in [6.07, 6.45) is 22.4. The van der Waals surface area contributed by atoms with E-state index < -0.39 is 0 Å². The highest BCUT2D eigenvalue weighted by Crippen LogP contribution is 2.25. The van der Waals surface area contributed by atoms with E-state index in [1.807, 2.05) is 0 Å². The van der Waals surface area contributed by atoms with Gasteiger partial charge in [0.25, 0.3) is 0 Å². The quantitative estimate of drug-likeness (QED) is 0.234. The summed E-state index contributed by atoms with van der Waals surface area (Å²) in [4.78, 5) is 0. The molecule has 0 heterocycles. The number of hydrogen-bond acceptors (Lipinski definition) is 0. The average molecular weight is 301 g/mol. The summed E-state index contributed by atoms with van der Waals surface area (Å²) >= 11 is 0. The monoisotopic (exact) mass is 300 g/mol. The molecule has 0 nitrogen and oxygen atoms in total. The van der Waals surface area contributed by atoms with Crippen LogP contribution >= 0.6 is 0 Å². The van der Waals surface area contributed by atoms with E-state index in [2.05, 4.69) is 44.4 Å². The molecular formula is C22H36. The van der Waals surface area contributed by atoms with Gasteiger partial charge in [0.05, 0.1) is 0 Å². The smallest absolute Gasteiger partial charge is 0.0171 e. The molecule has 0 aromatic rings. The molecule has 0 N–H and O–H groups in total. The maximum absolute atomic E-state index is 4.08. The minimum atomic E-state index is 0.632. The predicted molar refractivity (Wildman–Crippen MR) is 100 cm³/mol. The molecule has 0 fully saturated rings. The van der Waals surface area contributed by atoms with Crippen molar-refractivity contribution in [2.75, 3.05) is 0 Å². The highest BCUT2D eigenvalue weighted by atomic mass is 14.1. The van der Waals surface area contributed by atoms with Crippen LogP contribution in [0.15, 0.2) is 41.7 Å². The van der Waals surface area contributed by atoms with Gasteiger partial charge in [0.1, 0.15) is 0 Å². The third kappa shape index (κ3) is 8.44. The van der Waals surface area contributed by atoms with Crippen molar-refractivity contribution in [3.8, 4) is 0 Å². The van der Waals surface area contributed by atoms with E-state index in [0.717, 1.165) is 6.42 Å². The second-order valence-corrected chi connectivity index (χ2v) is 6.82. The molecule has 1 aliphatic carbocycles. The zero-order chi connectivity index (χ0) is 16.0. The first-order valence-corrected chi connectivity index (χ1v) is 9.50. The molecular weight excluding hydrogens is 264 g/mol. The van der Waals surface area contributed by atoms with E-state index in [0.29, 0.717) is 5.92 Å². The maximum atomic E-state index is 4.08. The Labute approximate surface area is 139 Å². The summed E-state index contributed by atoms with van der Waals surface area (Å²) in [5.41, 5.74) is 6.49. The molecule has 1 rings (SSSR count). The molecule has 1 atom stereocenters. The van der Waals surface area contributed by atoms with E-state index >= 15 is 0 Å². The van der Waals surface area contributed by atoms with Crippen molar-refractivity contribution in [3.05, 3.63) is 41.7 Å². The van der Waals surface area contributed by atoms with Crippen LogP contribution in [0, 0.1) is 5.92 Å². The molecule has 0 aromatic heterocycles. The molecule has 124 valence electrons. The van der Waals surface area contributed by atoms with Gasteiger partial charge < -0.3 is 0 Å². The van der Waals surface area contributed by atoms with Crippen molar-refractivity contribution in [2.24, 2.45) is 5.92 Å². The largest absolute Gasteiger partial charge is 0.125 e. The highest BCUT2D eigenvalue weighted by molar-refractivity contribution is 5.25. The molecule has 0 radical (unpaired) electrons. The van der Waals surface area contributed by atoms with Crippen LogP contribution in [0.2, 0.25) is 0 Å². The topological polar surface area (TPSA) is 0 Å². The minimum Gasteiger partial charge on any atom is -0.125 e. The normalized spacial score (nSPS) is 17.5. The van der Waals surface area contributed by atoms with Crippen molar-refractivity contribution in [2.45, 2.75) is 90.9 Å². The van der Waals surface area contributed by atoms with E-state index in [1.54, 1.807) is 5.57 Å². The SMILES string of the molecule is C=CC(CCCCCCC)CC1=C(C)CCCCCC=C=C1. The summed E-state index contributed by atoms with van der Waals surface area (Å²) < 4.78 is 0. The van der Waals surface area contributed by atoms with Crippen molar-refractivity contribution in [3.63, 3.8) is 0 Å². The third-order valence-corrected chi connectivity index (χ3v) is 4.82. The Kier molecular flexibility index (Phi) is 10.9. The van der Waals surface area contributed by atoms with Crippen LogP contribution in [0.25, 0.3) is 0 Å². The molecule has 0 amide bonds. The first kappa shape index (κ1) is 19.0. The Balaban J connectivity index is 2.55. The van der Waals surface area contributed by atoms with Gasteiger partial charge in [0.2, 0.25) is 0 Å². The van der Waals surface area contributed by atoms with E-state index in [-0.39, 0.29) is 0 Å². The summed E-state index contributed by atoms with van der Waals surface area (Å²) in [5, 5.41) is 0. The summed E-state index contributed by atoms with van der Waals surface area (Å²) in [6, 6.07) is 0. The van der Waals surface area contributed by atoms with Gasteiger partial charge in [-0.15, -0.1) is 12.3 Å². The Morgan fingerprint density at radius 3 is 2.77 bits per heavy atom.